The molecule has 2 N–H and O–H groups in total. The predicted octanol–water partition coefficient (Wildman–Crippen LogP) is 3.07. The molecule has 1 atom stereocenters. The van der Waals surface area contributed by atoms with E-state index in [1.165, 1.54) is 0 Å². The molecule has 1 rings (SSSR count). The van der Waals surface area contributed by atoms with Crippen molar-refractivity contribution in [3.05, 3.63) is 18.2 Å². The van der Waals surface area contributed by atoms with Crippen LogP contribution in [0.2, 0.25) is 0 Å². The molecule has 0 fully saturated rings. The second kappa shape index (κ2) is 5.00. The van der Waals surface area contributed by atoms with Crippen LogP contribution in [0, 0.1) is 5.92 Å². The number of nitrogens with zero attached hydrogens (tertiary/aromatic N) is 2. The minimum absolute atomic E-state index is 0.0694. The van der Waals surface area contributed by atoms with Gasteiger partial charge in [-0.1, -0.05) is 27.7 Å². The Morgan fingerprint density at radius 1 is 1.38 bits per heavy atom. The summed E-state index contributed by atoms with van der Waals surface area (Å²) in [7, 11) is 0. The largest absolute Gasteiger partial charge is 0.327 e. The molecule has 3 heteroatoms. The second-order valence-electron chi connectivity index (χ2n) is 5.16. The Balaban J connectivity index is 3.11. The molecule has 0 aliphatic carbocycles. The number of hydrogen-bond acceptors (Lipinski definition) is 2. The highest BCUT2D eigenvalue weighted by atomic mass is 15.1. The molecule has 0 amide bonds. The van der Waals surface area contributed by atoms with Crippen molar-refractivity contribution in [2.24, 2.45) is 11.7 Å². The summed E-state index contributed by atoms with van der Waals surface area (Å²) in [6.45, 7) is 11.0. The van der Waals surface area contributed by atoms with Crippen LogP contribution in [0.25, 0.3) is 0 Å². The van der Waals surface area contributed by atoms with Gasteiger partial charge in [-0.15, -0.1) is 0 Å². The van der Waals surface area contributed by atoms with Gasteiger partial charge in [0, 0.05) is 17.8 Å². The number of hydrogen-bond donors (Lipinski definition) is 1. The van der Waals surface area contributed by atoms with Gasteiger partial charge in [0.25, 0.3) is 0 Å². The molecule has 0 aliphatic heterocycles. The van der Waals surface area contributed by atoms with E-state index < -0.39 is 0 Å². The first-order valence-corrected chi connectivity index (χ1v) is 6.24. The van der Waals surface area contributed by atoms with Gasteiger partial charge < -0.3 is 10.3 Å². The lowest BCUT2D eigenvalue weighted by Crippen LogP contribution is -2.32. The van der Waals surface area contributed by atoms with Gasteiger partial charge in [0.05, 0.1) is 12.0 Å². The monoisotopic (exact) mass is 223 g/mol. The van der Waals surface area contributed by atoms with Gasteiger partial charge >= 0.3 is 0 Å². The zero-order valence-electron chi connectivity index (χ0n) is 11.2. The zero-order chi connectivity index (χ0) is 12.3. The third-order valence-corrected chi connectivity index (χ3v) is 3.83. The summed E-state index contributed by atoms with van der Waals surface area (Å²) in [4.78, 5) is 4.27. The van der Waals surface area contributed by atoms with Crippen LogP contribution in [0.3, 0.4) is 0 Å². The molecule has 16 heavy (non-hydrogen) atoms. The van der Waals surface area contributed by atoms with Crippen molar-refractivity contribution in [1.82, 2.24) is 9.55 Å². The number of rotatable bonds is 5. The predicted molar refractivity (Wildman–Crippen MR) is 68.2 cm³/mol. The lowest BCUT2D eigenvalue weighted by atomic mass is 9.93. The Hall–Kier alpha value is -0.830. The molecular weight excluding hydrogens is 198 g/mol. The molecular formula is C13H25N3. The van der Waals surface area contributed by atoms with Crippen LogP contribution in [0.1, 0.15) is 59.2 Å². The third kappa shape index (κ3) is 2.29. The molecule has 0 radical (unpaired) electrons. The maximum absolute atomic E-state index is 6.23. The normalized spacial score (nSPS) is 14.4. The summed E-state index contributed by atoms with van der Waals surface area (Å²) in [6.07, 6.45) is 6.02. The van der Waals surface area contributed by atoms with Gasteiger partial charge in [-0.3, -0.25) is 0 Å². The highest BCUT2D eigenvalue weighted by Crippen LogP contribution is 2.29. The summed E-state index contributed by atoms with van der Waals surface area (Å²) in [5.74, 6) is 0.438. The summed E-state index contributed by atoms with van der Waals surface area (Å²) in [5, 5.41) is 0. The van der Waals surface area contributed by atoms with Crippen LogP contribution in [0.5, 0.6) is 0 Å². The Bertz CT molecular complexity index is 324. The Morgan fingerprint density at radius 3 is 2.38 bits per heavy atom. The average Bonchev–Trinajstić information content (AvgIpc) is 2.76. The summed E-state index contributed by atoms with van der Waals surface area (Å²) >= 11 is 0. The fraction of sp³-hybridized carbons (Fsp3) is 0.769. The highest BCUT2D eigenvalue weighted by molar-refractivity contribution is 5.09. The van der Waals surface area contributed by atoms with Gasteiger partial charge in [0.2, 0.25) is 0 Å². The molecule has 1 unspecified atom stereocenters. The minimum atomic E-state index is 0.0694. The minimum Gasteiger partial charge on any atom is -0.327 e. The molecule has 3 nitrogen and oxygen atoms in total. The van der Waals surface area contributed by atoms with Crippen molar-refractivity contribution < 1.29 is 0 Å². The molecule has 0 aliphatic rings. The third-order valence-electron chi connectivity index (χ3n) is 3.83. The summed E-state index contributed by atoms with van der Waals surface area (Å²) in [6, 6.07) is 0.0694. The van der Waals surface area contributed by atoms with E-state index in [-0.39, 0.29) is 11.6 Å². The van der Waals surface area contributed by atoms with Crippen LogP contribution in [-0.2, 0) is 5.54 Å². The van der Waals surface area contributed by atoms with Crippen molar-refractivity contribution >= 4 is 0 Å². The Labute approximate surface area is 99.1 Å². The van der Waals surface area contributed by atoms with E-state index in [1.54, 1.807) is 0 Å². The molecule has 92 valence electrons. The van der Waals surface area contributed by atoms with Gasteiger partial charge in [-0.25, -0.2) is 4.98 Å². The van der Waals surface area contributed by atoms with Crippen LogP contribution in [-0.4, -0.2) is 9.55 Å². The van der Waals surface area contributed by atoms with Gasteiger partial charge in [-0.2, -0.15) is 0 Å². The molecule has 1 aromatic heterocycles. The fourth-order valence-corrected chi connectivity index (χ4v) is 1.94. The maximum atomic E-state index is 6.23. The lowest BCUT2D eigenvalue weighted by Gasteiger charge is -2.32. The number of nitrogens with two attached hydrogens (primary N) is 1. The SMILES string of the molecule is CCC(C)(CC)n1cncc1C(N)C(C)C. The topological polar surface area (TPSA) is 43.8 Å². The second-order valence-corrected chi connectivity index (χ2v) is 5.16. The van der Waals surface area contributed by atoms with Gasteiger partial charge in [0.1, 0.15) is 0 Å². The Kier molecular flexibility index (Phi) is 4.14. The maximum Gasteiger partial charge on any atom is 0.0953 e. The molecule has 1 heterocycles. The first kappa shape index (κ1) is 13.2. The molecule has 0 bridgehead atoms. The van der Waals surface area contributed by atoms with Crippen LogP contribution in [0.15, 0.2) is 12.5 Å². The molecule has 0 saturated carbocycles. The zero-order valence-corrected chi connectivity index (χ0v) is 11.2. The van der Waals surface area contributed by atoms with E-state index in [1.807, 2.05) is 12.5 Å². The van der Waals surface area contributed by atoms with E-state index in [0.717, 1.165) is 18.5 Å². The smallest absolute Gasteiger partial charge is 0.0953 e. The molecule has 0 saturated heterocycles. The van der Waals surface area contributed by atoms with E-state index in [2.05, 4.69) is 44.2 Å². The van der Waals surface area contributed by atoms with Crippen molar-refractivity contribution in [1.29, 1.82) is 0 Å². The van der Waals surface area contributed by atoms with Crippen LogP contribution >= 0.6 is 0 Å². The molecule has 1 aromatic rings. The van der Waals surface area contributed by atoms with Crippen molar-refractivity contribution in [3.63, 3.8) is 0 Å². The van der Waals surface area contributed by atoms with E-state index in [4.69, 9.17) is 5.73 Å². The number of imidazole rings is 1. The van der Waals surface area contributed by atoms with E-state index in [9.17, 15) is 0 Å². The van der Waals surface area contributed by atoms with Gasteiger partial charge in [0.15, 0.2) is 0 Å². The standard InChI is InChI=1S/C13H25N3/c1-6-13(5,7-2)16-9-15-8-11(16)12(14)10(3)4/h8-10,12H,6-7,14H2,1-5H3. The van der Waals surface area contributed by atoms with Gasteiger partial charge in [-0.05, 0) is 25.7 Å². The lowest BCUT2D eigenvalue weighted by molar-refractivity contribution is 0.276. The Morgan fingerprint density at radius 2 is 1.94 bits per heavy atom. The van der Waals surface area contributed by atoms with Crippen LogP contribution in [0.4, 0.5) is 0 Å². The van der Waals surface area contributed by atoms with Crippen molar-refractivity contribution in [2.75, 3.05) is 0 Å². The first-order valence-electron chi connectivity index (χ1n) is 6.24. The van der Waals surface area contributed by atoms with Crippen molar-refractivity contribution in [3.8, 4) is 0 Å². The van der Waals surface area contributed by atoms with Crippen LogP contribution < -0.4 is 5.73 Å². The summed E-state index contributed by atoms with van der Waals surface area (Å²) < 4.78 is 2.26. The molecule has 0 aromatic carbocycles. The first-order chi connectivity index (χ1) is 7.46. The average molecular weight is 223 g/mol. The molecule has 0 spiro atoms. The fourth-order valence-electron chi connectivity index (χ4n) is 1.94. The van der Waals surface area contributed by atoms with E-state index >= 15 is 0 Å². The quantitative estimate of drug-likeness (QED) is 0.833. The summed E-state index contributed by atoms with van der Waals surface area (Å²) in [5.41, 5.74) is 7.52. The highest BCUT2D eigenvalue weighted by Gasteiger charge is 2.26. The van der Waals surface area contributed by atoms with Crippen molar-refractivity contribution in [2.45, 2.75) is 59.0 Å². The van der Waals surface area contributed by atoms with E-state index in [0.29, 0.717) is 5.92 Å². The number of aromatic nitrogens is 2.